The Balaban J connectivity index is 1.54. The number of ether oxygens (including phenoxy) is 2. The minimum Gasteiger partial charge on any atom is -0.494 e. The zero-order chi connectivity index (χ0) is 20.0. The third-order valence-electron chi connectivity index (χ3n) is 3.98. The molecule has 2 heterocycles. The normalized spacial score (nSPS) is 11.4. The molecule has 0 aliphatic carbocycles. The van der Waals surface area contributed by atoms with Crippen LogP contribution in [-0.4, -0.2) is 16.6 Å². The Morgan fingerprint density at radius 1 is 1.00 bits per heavy atom. The van der Waals surface area contributed by atoms with Gasteiger partial charge in [0.15, 0.2) is 0 Å². The molecule has 3 aromatic rings. The van der Waals surface area contributed by atoms with Gasteiger partial charge < -0.3 is 14.8 Å². The second kappa shape index (κ2) is 9.17. The van der Waals surface area contributed by atoms with Crippen LogP contribution in [0.25, 0.3) is 0 Å². The fraction of sp³-hybridized carbons (Fsp3) is 0.364. The summed E-state index contributed by atoms with van der Waals surface area (Å²) in [6.07, 6.45) is 3.73. The van der Waals surface area contributed by atoms with E-state index in [1.165, 1.54) is 9.88 Å². The largest absolute Gasteiger partial charge is 0.494 e. The van der Waals surface area contributed by atoms with Crippen LogP contribution in [0.5, 0.6) is 17.4 Å². The van der Waals surface area contributed by atoms with E-state index in [1.807, 2.05) is 49.5 Å². The van der Waals surface area contributed by atoms with E-state index in [4.69, 9.17) is 9.47 Å². The third kappa shape index (κ3) is 5.78. The van der Waals surface area contributed by atoms with Crippen molar-refractivity contribution in [2.24, 2.45) is 0 Å². The number of pyridine rings is 1. The molecule has 0 aliphatic heterocycles. The summed E-state index contributed by atoms with van der Waals surface area (Å²) in [7, 11) is 0. The molecule has 5 nitrogen and oxygen atoms in total. The molecule has 0 unspecified atom stereocenters. The zero-order valence-electron chi connectivity index (χ0n) is 16.9. The third-order valence-corrected chi connectivity index (χ3v) is 5.40. The minimum atomic E-state index is 0.0983. The second-order valence-electron chi connectivity index (χ2n) is 7.49. The molecule has 148 valence electrons. The van der Waals surface area contributed by atoms with E-state index in [0.29, 0.717) is 12.5 Å². The minimum absolute atomic E-state index is 0.0983. The summed E-state index contributed by atoms with van der Waals surface area (Å²) in [6, 6.07) is 11.5. The van der Waals surface area contributed by atoms with Crippen LogP contribution in [0.2, 0.25) is 0 Å². The Morgan fingerprint density at radius 2 is 1.75 bits per heavy atom. The van der Waals surface area contributed by atoms with Crippen molar-refractivity contribution in [2.75, 3.05) is 6.61 Å². The number of nitrogens with zero attached hydrogens (tertiary/aromatic N) is 2. The average Bonchev–Trinajstić information content (AvgIpc) is 3.13. The van der Waals surface area contributed by atoms with Crippen LogP contribution in [0.3, 0.4) is 0 Å². The summed E-state index contributed by atoms with van der Waals surface area (Å²) in [5.74, 6) is 2.15. The average molecular weight is 398 g/mol. The van der Waals surface area contributed by atoms with Crippen molar-refractivity contribution in [1.82, 2.24) is 15.3 Å². The van der Waals surface area contributed by atoms with Gasteiger partial charge in [0.25, 0.3) is 0 Å². The van der Waals surface area contributed by atoms with Crippen molar-refractivity contribution in [1.29, 1.82) is 0 Å². The molecule has 0 spiro atoms. The molecular weight excluding hydrogens is 370 g/mol. The molecular formula is C22H27N3O2S. The van der Waals surface area contributed by atoms with Gasteiger partial charge in [0.2, 0.25) is 5.88 Å². The van der Waals surface area contributed by atoms with Crippen molar-refractivity contribution in [3.05, 3.63) is 64.2 Å². The summed E-state index contributed by atoms with van der Waals surface area (Å²) in [6.45, 7) is 10.7. The van der Waals surface area contributed by atoms with Gasteiger partial charge in [-0.05, 0) is 42.8 Å². The molecule has 2 aromatic heterocycles. The Morgan fingerprint density at radius 3 is 2.43 bits per heavy atom. The maximum Gasteiger partial charge on any atom is 0.219 e. The van der Waals surface area contributed by atoms with Gasteiger partial charge in [-0.15, -0.1) is 11.3 Å². The van der Waals surface area contributed by atoms with Crippen LogP contribution in [0.4, 0.5) is 0 Å². The molecule has 0 radical (unpaired) electrons. The monoisotopic (exact) mass is 397 g/mol. The lowest BCUT2D eigenvalue weighted by molar-refractivity contribution is 0.339. The first kappa shape index (κ1) is 20.3. The molecule has 0 atom stereocenters. The van der Waals surface area contributed by atoms with Crippen LogP contribution in [0.1, 0.15) is 43.1 Å². The summed E-state index contributed by atoms with van der Waals surface area (Å²) in [4.78, 5) is 10.1. The van der Waals surface area contributed by atoms with Crippen LogP contribution >= 0.6 is 11.3 Å². The van der Waals surface area contributed by atoms with Gasteiger partial charge in [-0.2, -0.15) is 0 Å². The molecule has 1 N–H and O–H groups in total. The summed E-state index contributed by atoms with van der Waals surface area (Å²) >= 11 is 1.76. The van der Waals surface area contributed by atoms with Crippen LogP contribution in [-0.2, 0) is 18.5 Å². The van der Waals surface area contributed by atoms with E-state index in [9.17, 15) is 0 Å². The number of hydrogen-bond acceptors (Lipinski definition) is 6. The number of benzene rings is 1. The summed E-state index contributed by atoms with van der Waals surface area (Å²) < 4.78 is 11.3. The standard InChI is InChI=1S/C22H27N3O2S/c1-5-26-17-6-8-18(9-7-17)27-20-12-16(10-11-24-20)13-23-14-19-15-25-21(28-19)22(2,3)4/h6-12,15,23H,5,13-14H2,1-4H3. The lowest BCUT2D eigenvalue weighted by atomic mass is 9.98. The number of thiazole rings is 1. The highest BCUT2D eigenvalue weighted by Crippen LogP contribution is 2.27. The highest BCUT2D eigenvalue weighted by molar-refractivity contribution is 7.11. The van der Waals surface area contributed by atoms with Crippen LogP contribution in [0.15, 0.2) is 48.8 Å². The Hall–Kier alpha value is -2.44. The van der Waals surface area contributed by atoms with Crippen molar-refractivity contribution >= 4 is 11.3 Å². The van der Waals surface area contributed by atoms with Crippen molar-refractivity contribution in [3.8, 4) is 17.4 Å². The van der Waals surface area contributed by atoms with E-state index in [1.54, 1.807) is 17.5 Å². The smallest absolute Gasteiger partial charge is 0.219 e. The SMILES string of the molecule is CCOc1ccc(Oc2cc(CNCc3cnc(C(C)(C)C)s3)ccn2)cc1. The highest BCUT2D eigenvalue weighted by Gasteiger charge is 2.17. The predicted octanol–water partition coefficient (Wildman–Crippen LogP) is 5.32. The topological polar surface area (TPSA) is 56.3 Å². The van der Waals surface area contributed by atoms with E-state index in [0.717, 1.165) is 30.2 Å². The Bertz CT molecular complexity index is 885. The fourth-order valence-electron chi connectivity index (χ4n) is 2.57. The summed E-state index contributed by atoms with van der Waals surface area (Å²) in [5.41, 5.74) is 1.22. The van der Waals surface area contributed by atoms with Gasteiger partial charge in [0, 0.05) is 41.8 Å². The Labute approximate surface area is 170 Å². The van der Waals surface area contributed by atoms with Gasteiger partial charge in [-0.1, -0.05) is 20.8 Å². The molecule has 6 heteroatoms. The molecule has 3 rings (SSSR count). The lowest BCUT2D eigenvalue weighted by Gasteiger charge is -2.13. The molecule has 1 aromatic carbocycles. The maximum atomic E-state index is 5.86. The lowest BCUT2D eigenvalue weighted by Crippen LogP contribution is -2.12. The van der Waals surface area contributed by atoms with Gasteiger partial charge in [0.1, 0.15) is 11.5 Å². The predicted molar refractivity (Wildman–Crippen MR) is 113 cm³/mol. The molecule has 0 bridgehead atoms. The molecule has 0 saturated carbocycles. The van der Waals surface area contributed by atoms with E-state index in [-0.39, 0.29) is 5.41 Å². The zero-order valence-corrected chi connectivity index (χ0v) is 17.7. The first-order valence-corrected chi connectivity index (χ1v) is 10.3. The molecule has 0 fully saturated rings. The number of rotatable bonds is 8. The first-order valence-electron chi connectivity index (χ1n) is 9.45. The van der Waals surface area contributed by atoms with Crippen molar-refractivity contribution in [2.45, 2.75) is 46.2 Å². The fourth-order valence-corrected chi connectivity index (χ4v) is 3.51. The maximum absolute atomic E-state index is 5.86. The first-order chi connectivity index (χ1) is 13.4. The molecule has 0 amide bonds. The molecule has 0 aliphatic rings. The van der Waals surface area contributed by atoms with Crippen molar-refractivity contribution in [3.63, 3.8) is 0 Å². The Kier molecular flexibility index (Phi) is 6.65. The van der Waals surface area contributed by atoms with Crippen LogP contribution in [0, 0.1) is 0 Å². The van der Waals surface area contributed by atoms with Gasteiger partial charge in [0.05, 0.1) is 11.6 Å². The van der Waals surface area contributed by atoms with Crippen LogP contribution < -0.4 is 14.8 Å². The molecule has 28 heavy (non-hydrogen) atoms. The number of hydrogen-bond donors (Lipinski definition) is 1. The molecule has 0 saturated heterocycles. The van der Waals surface area contributed by atoms with E-state index >= 15 is 0 Å². The summed E-state index contributed by atoms with van der Waals surface area (Å²) in [5, 5.41) is 4.63. The van der Waals surface area contributed by atoms with Crippen molar-refractivity contribution < 1.29 is 9.47 Å². The highest BCUT2D eigenvalue weighted by atomic mass is 32.1. The van der Waals surface area contributed by atoms with Gasteiger partial charge >= 0.3 is 0 Å². The number of aromatic nitrogens is 2. The second-order valence-corrected chi connectivity index (χ2v) is 8.61. The van der Waals surface area contributed by atoms with E-state index < -0.39 is 0 Å². The quantitative estimate of drug-likeness (QED) is 0.558. The number of nitrogens with one attached hydrogen (secondary N) is 1. The van der Waals surface area contributed by atoms with Gasteiger partial charge in [-0.25, -0.2) is 9.97 Å². The van der Waals surface area contributed by atoms with Gasteiger partial charge in [-0.3, -0.25) is 0 Å². The van der Waals surface area contributed by atoms with E-state index in [2.05, 4.69) is 36.1 Å².